The third-order valence-corrected chi connectivity index (χ3v) is 4.69. The van der Waals surface area contributed by atoms with Crippen molar-refractivity contribution < 1.29 is 52.1 Å². The van der Waals surface area contributed by atoms with Crippen molar-refractivity contribution >= 4 is 21.9 Å². The minimum Gasteiger partial charge on any atom is -0.377 e. The monoisotopic (exact) mass is 441 g/mol. The second kappa shape index (κ2) is 6.60. The van der Waals surface area contributed by atoms with Crippen LogP contribution in [0.3, 0.4) is 0 Å². The molecule has 0 radical (unpaired) electrons. The van der Waals surface area contributed by atoms with Crippen LogP contribution < -0.4 is 9.50 Å². The molecule has 1 heterocycles. The van der Waals surface area contributed by atoms with E-state index in [9.17, 15) is 47.9 Å². The van der Waals surface area contributed by atoms with Gasteiger partial charge in [-0.2, -0.15) is 47.9 Å². The van der Waals surface area contributed by atoms with Gasteiger partial charge in [-0.1, -0.05) is 12.1 Å². The molecule has 156 valence electrons. The Bertz CT molecular complexity index is 920. The van der Waals surface area contributed by atoms with Crippen LogP contribution in [0.1, 0.15) is 5.56 Å². The number of hydrogen-bond donors (Lipinski definition) is 1. The van der Waals surface area contributed by atoms with Crippen LogP contribution in [0, 0.1) is 0 Å². The Hall–Kier alpha value is -2.38. The predicted octanol–water partition coefficient (Wildman–Crippen LogP) is 4.77. The van der Waals surface area contributed by atoms with Crippen molar-refractivity contribution in [2.24, 2.45) is 0 Å². The number of fused-ring (bicyclic) bond motifs is 1. The summed E-state index contributed by atoms with van der Waals surface area (Å²) in [6.07, 6.45) is -2.13. The van der Waals surface area contributed by atoms with Crippen LogP contribution in [-0.2, 0) is 10.1 Å². The molecule has 1 aromatic rings. The molecule has 0 aliphatic carbocycles. The molecule has 0 bridgehead atoms. The first-order valence-electron chi connectivity index (χ1n) is 6.93. The Morgan fingerprint density at radius 2 is 1.46 bits per heavy atom. The van der Waals surface area contributed by atoms with Crippen molar-refractivity contribution in [3.63, 3.8) is 0 Å². The third kappa shape index (κ3) is 3.29. The van der Waals surface area contributed by atoms with Gasteiger partial charge < -0.3 is 9.50 Å². The molecule has 0 saturated heterocycles. The number of nitrogens with one attached hydrogen (secondary N) is 1. The smallest absolute Gasteiger partial charge is 0.377 e. The molecule has 1 aliphatic heterocycles. The Morgan fingerprint density at radius 3 is 2.04 bits per heavy atom. The summed E-state index contributed by atoms with van der Waals surface area (Å²) in [7, 11) is -7.00. The first kappa shape index (κ1) is 21.9. The lowest BCUT2D eigenvalue weighted by Gasteiger charge is -2.32. The summed E-state index contributed by atoms with van der Waals surface area (Å²) in [5.41, 5.74) is -0.217. The zero-order chi connectivity index (χ0) is 21.6. The molecule has 0 spiro atoms. The van der Waals surface area contributed by atoms with Crippen LogP contribution in [0.25, 0.3) is 6.08 Å². The quantitative estimate of drug-likeness (QED) is 0.528. The van der Waals surface area contributed by atoms with Gasteiger partial charge in [-0.3, -0.25) is 0 Å². The lowest BCUT2D eigenvalue weighted by atomic mass is 10.1. The van der Waals surface area contributed by atoms with E-state index in [0.29, 0.717) is 6.07 Å². The van der Waals surface area contributed by atoms with E-state index in [4.69, 9.17) is 0 Å². The van der Waals surface area contributed by atoms with Gasteiger partial charge in [0.05, 0.1) is 0 Å². The van der Waals surface area contributed by atoms with E-state index in [1.54, 1.807) is 0 Å². The molecule has 28 heavy (non-hydrogen) atoms. The van der Waals surface area contributed by atoms with Gasteiger partial charge in [0, 0.05) is 17.5 Å². The maximum absolute atomic E-state index is 13.7. The van der Waals surface area contributed by atoms with Crippen LogP contribution in [0.5, 0.6) is 5.75 Å². The first-order chi connectivity index (χ1) is 12.6. The average molecular weight is 441 g/mol. The molecule has 1 aromatic carbocycles. The number of rotatable bonds is 5. The maximum Gasteiger partial charge on any atom is 0.460 e. The number of alkyl halides is 9. The molecule has 4 nitrogen and oxygen atoms in total. The van der Waals surface area contributed by atoms with E-state index >= 15 is 0 Å². The zero-order valence-corrected chi connectivity index (χ0v) is 13.9. The SMILES string of the molecule is O=S(=O)(Oc1cccc2c1C=CC=CN2)C(F)(F)C(F)(F)C(F)(F)C(F)(F)F. The Kier molecular flexibility index (Phi) is 5.17. The fourth-order valence-electron chi connectivity index (χ4n) is 1.95. The van der Waals surface area contributed by atoms with Gasteiger partial charge in [-0.25, -0.2) is 0 Å². The van der Waals surface area contributed by atoms with Crippen molar-refractivity contribution in [2.45, 2.75) is 23.3 Å². The fourth-order valence-corrected chi connectivity index (χ4v) is 2.88. The van der Waals surface area contributed by atoms with Gasteiger partial charge in [0.1, 0.15) is 0 Å². The van der Waals surface area contributed by atoms with Gasteiger partial charge in [0.25, 0.3) is 0 Å². The molecule has 1 aliphatic rings. The normalized spacial score (nSPS) is 15.6. The first-order valence-corrected chi connectivity index (χ1v) is 8.34. The minimum atomic E-state index is -7.36. The topological polar surface area (TPSA) is 55.4 Å². The highest BCUT2D eigenvalue weighted by Gasteiger charge is 2.86. The molecule has 0 fully saturated rings. The van der Waals surface area contributed by atoms with Gasteiger partial charge in [-0.15, -0.1) is 0 Å². The second-order valence-corrected chi connectivity index (χ2v) is 6.87. The van der Waals surface area contributed by atoms with E-state index < -0.39 is 39.1 Å². The van der Waals surface area contributed by atoms with Crippen LogP contribution in [0.4, 0.5) is 45.2 Å². The van der Waals surface area contributed by atoms with Crippen LogP contribution in [0.2, 0.25) is 0 Å². The summed E-state index contributed by atoms with van der Waals surface area (Å²) < 4.78 is 143. The van der Waals surface area contributed by atoms with Crippen molar-refractivity contribution in [1.29, 1.82) is 0 Å². The molecule has 1 N–H and O–H groups in total. The average Bonchev–Trinajstić information content (AvgIpc) is 2.79. The number of anilines is 1. The maximum atomic E-state index is 13.7. The summed E-state index contributed by atoms with van der Waals surface area (Å²) >= 11 is 0. The number of hydrogen-bond acceptors (Lipinski definition) is 4. The van der Waals surface area contributed by atoms with E-state index in [0.717, 1.165) is 12.1 Å². The molecule has 0 saturated carbocycles. The van der Waals surface area contributed by atoms with Crippen molar-refractivity contribution in [2.75, 3.05) is 5.32 Å². The standard InChI is InChI=1S/C14H8F9NO3S/c15-11(16,13(19,20)21)12(17,18)14(22,23)28(25,26)27-10-6-3-5-9-8(10)4-1-2-7-24-9/h1-7,24H. The summed E-state index contributed by atoms with van der Waals surface area (Å²) in [5.74, 6) is -15.7. The second-order valence-electron chi connectivity index (χ2n) is 5.28. The van der Waals surface area contributed by atoms with Gasteiger partial charge in [0.2, 0.25) is 0 Å². The summed E-state index contributed by atoms with van der Waals surface area (Å²) in [6.45, 7) is 0. The van der Waals surface area contributed by atoms with E-state index in [2.05, 4.69) is 9.50 Å². The summed E-state index contributed by atoms with van der Waals surface area (Å²) in [6, 6.07) is 3.04. The van der Waals surface area contributed by atoms with Crippen molar-refractivity contribution in [3.05, 3.63) is 42.1 Å². The largest absolute Gasteiger partial charge is 0.460 e. The molecule has 2 rings (SSSR count). The Labute approximate surface area is 151 Å². The molecule has 0 atom stereocenters. The highest BCUT2D eigenvalue weighted by molar-refractivity contribution is 7.88. The highest BCUT2D eigenvalue weighted by Crippen LogP contribution is 2.55. The van der Waals surface area contributed by atoms with E-state index in [1.165, 1.54) is 24.4 Å². The summed E-state index contributed by atoms with van der Waals surface area (Å²) in [5, 5.41) is -4.39. The lowest BCUT2D eigenvalue weighted by Crippen LogP contribution is -2.63. The molecule has 0 aromatic heterocycles. The lowest BCUT2D eigenvalue weighted by molar-refractivity contribution is -0.382. The number of benzene rings is 1. The summed E-state index contributed by atoms with van der Waals surface area (Å²) in [4.78, 5) is 0. The highest BCUT2D eigenvalue weighted by atomic mass is 32.2. The van der Waals surface area contributed by atoms with Crippen LogP contribution >= 0.6 is 0 Å². The fraction of sp³-hybridized carbons (Fsp3) is 0.286. The molecular formula is C14H8F9NO3S. The molecule has 0 unspecified atom stereocenters. The molecule has 0 amide bonds. The Morgan fingerprint density at radius 1 is 0.857 bits per heavy atom. The van der Waals surface area contributed by atoms with Gasteiger partial charge >= 0.3 is 33.4 Å². The van der Waals surface area contributed by atoms with Crippen LogP contribution in [0.15, 0.2) is 36.6 Å². The zero-order valence-electron chi connectivity index (χ0n) is 13.1. The molecule has 14 heteroatoms. The number of allylic oxidation sites excluding steroid dienone is 2. The molecular weight excluding hydrogens is 433 g/mol. The van der Waals surface area contributed by atoms with Crippen LogP contribution in [-0.4, -0.2) is 31.7 Å². The van der Waals surface area contributed by atoms with E-state index in [1.807, 2.05) is 0 Å². The van der Waals surface area contributed by atoms with E-state index in [-0.39, 0.29) is 11.3 Å². The third-order valence-electron chi connectivity index (χ3n) is 3.40. The van der Waals surface area contributed by atoms with Crippen molar-refractivity contribution in [1.82, 2.24) is 0 Å². The Balaban J connectivity index is 2.51. The van der Waals surface area contributed by atoms with Gasteiger partial charge in [-0.05, 0) is 24.3 Å². The minimum absolute atomic E-state index is 0.0494. The van der Waals surface area contributed by atoms with Gasteiger partial charge in [0.15, 0.2) is 5.75 Å². The van der Waals surface area contributed by atoms with Crippen molar-refractivity contribution in [3.8, 4) is 5.75 Å². The predicted molar refractivity (Wildman–Crippen MR) is 78.7 cm³/mol. The number of halogens is 9.